The van der Waals surface area contributed by atoms with Gasteiger partial charge in [-0.25, -0.2) is 4.79 Å². The highest BCUT2D eigenvalue weighted by molar-refractivity contribution is 8.13. The molecule has 0 radical (unpaired) electrons. The van der Waals surface area contributed by atoms with Gasteiger partial charge in [-0.3, -0.25) is 4.79 Å². The largest absolute Gasteiger partial charge is 0.496 e. The first-order chi connectivity index (χ1) is 9.52. The van der Waals surface area contributed by atoms with E-state index in [0.717, 1.165) is 11.6 Å². The Kier molecular flexibility index (Phi) is 6.59. The Morgan fingerprint density at radius 1 is 1.35 bits per heavy atom. The summed E-state index contributed by atoms with van der Waals surface area (Å²) in [6.45, 7) is 1.53. The first-order valence-electron chi connectivity index (χ1n) is 5.92. The van der Waals surface area contributed by atoms with Crippen molar-refractivity contribution in [2.45, 2.75) is 6.92 Å². The van der Waals surface area contributed by atoms with Crippen LogP contribution in [0.1, 0.15) is 18.1 Å². The maximum absolute atomic E-state index is 10.8. The minimum atomic E-state index is -1.01. The van der Waals surface area contributed by atoms with Gasteiger partial charge in [-0.15, -0.1) is 0 Å². The molecule has 0 aromatic heterocycles. The van der Waals surface area contributed by atoms with Gasteiger partial charge in [-0.05, 0) is 23.8 Å². The Labute approximate surface area is 122 Å². The summed E-state index contributed by atoms with van der Waals surface area (Å²) in [6, 6.07) is 5.47. The van der Waals surface area contributed by atoms with Crippen LogP contribution in [0.2, 0.25) is 0 Å². The number of thioether (sulfide) groups is 1. The summed E-state index contributed by atoms with van der Waals surface area (Å²) in [5, 5.41) is 8.73. The highest BCUT2D eigenvalue weighted by atomic mass is 32.2. The van der Waals surface area contributed by atoms with E-state index in [4.69, 9.17) is 9.84 Å². The summed E-state index contributed by atoms with van der Waals surface area (Å²) in [7, 11) is 1.53. The van der Waals surface area contributed by atoms with E-state index in [2.05, 4.69) is 0 Å². The van der Waals surface area contributed by atoms with Crippen molar-refractivity contribution in [2.24, 2.45) is 0 Å². The predicted octanol–water partition coefficient (Wildman–Crippen LogP) is 3.09. The van der Waals surface area contributed by atoms with Crippen LogP contribution in [0.4, 0.5) is 0 Å². The molecule has 0 saturated carbocycles. The quantitative estimate of drug-likeness (QED) is 0.816. The van der Waals surface area contributed by atoms with E-state index < -0.39 is 5.97 Å². The lowest BCUT2D eigenvalue weighted by atomic mass is 10.1. The molecule has 4 nitrogen and oxygen atoms in total. The summed E-state index contributed by atoms with van der Waals surface area (Å²) in [4.78, 5) is 21.3. The summed E-state index contributed by atoms with van der Waals surface area (Å²) >= 11 is 1.23. The van der Waals surface area contributed by atoms with Gasteiger partial charge in [-0.2, -0.15) is 0 Å². The molecule has 20 heavy (non-hydrogen) atoms. The Morgan fingerprint density at radius 3 is 2.70 bits per heavy atom. The molecule has 0 aliphatic heterocycles. The molecule has 5 heteroatoms. The van der Waals surface area contributed by atoms with Gasteiger partial charge in [0.15, 0.2) is 5.12 Å². The lowest BCUT2D eigenvalue weighted by Crippen LogP contribution is -1.90. The molecule has 0 saturated heterocycles. The minimum absolute atomic E-state index is 0.0782. The van der Waals surface area contributed by atoms with E-state index in [9.17, 15) is 9.59 Å². The van der Waals surface area contributed by atoms with Gasteiger partial charge in [0.2, 0.25) is 0 Å². The van der Waals surface area contributed by atoms with Crippen LogP contribution in [0, 0.1) is 0 Å². The van der Waals surface area contributed by atoms with Crippen LogP contribution in [-0.4, -0.2) is 29.1 Å². The van der Waals surface area contributed by atoms with Gasteiger partial charge in [0.25, 0.3) is 0 Å². The number of hydrogen-bond donors (Lipinski definition) is 1. The highest BCUT2D eigenvalue weighted by Gasteiger charge is 2.01. The van der Waals surface area contributed by atoms with Crippen molar-refractivity contribution in [3.05, 3.63) is 41.5 Å². The average Bonchev–Trinajstić information content (AvgIpc) is 2.41. The number of rotatable bonds is 6. The predicted molar refractivity (Wildman–Crippen MR) is 81.8 cm³/mol. The monoisotopic (exact) mass is 292 g/mol. The smallest absolute Gasteiger partial charge is 0.328 e. The van der Waals surface area contributed by atoms with Crippen molar-refractivity contribution in [3.63, 3.8) is 0 Å². The van der Waals surface area contributed by atoms with Gasteiger partial charge in [0.1, 0.15) is 5.75 Å². The molecule has 1 rings (SSSR count). The first kappa shape index (κ1) is 16.0. The van der Waals surface area contributed by atoms with E-state index >= 15 is 0 Å². The number of carboxylic acid groups (broad SMARTS) is 1. The number of benzene rings is 1. The van der Waals surface area contributed by atoms with Gasteiger partial charge in [-0.1, -0.05) is 30.0 Å². The fourth-order valence-corrected chi connectivity index (χ4v) is 1.92. The Balaban J connectivity index is 2.86. The molecule has 1 aromatic carbocycles. The zero-order valence-corrected chi connectivity index (χ0v) is 12.1. The molecule has 0 amide bonds. The molecule has 1 N–H and O–H groups in total. The molecule has 0 heterocycles. The van der Waals surface area contributed by atoms with Crippen molar-refractivity contribution in [1.82, 2.24) is 0 Å². The van der Waals surface area contributed by atoms with Crippen molar-refractivity contribution in [3.8, 4) is 5.75 Å². The molecule has 0 bridgehead atoms. The van der Waals surface area contributed by atoms with E-state index in [1.807, 2.05) is 24.3 Å². The van der Waals surface area contributed by atoms with Crippen LogP contribution in [0.5, 0.6) is 5.75 Å². The molecule has 0 fully saturated rings. The molecule has 0 aliphatic carbocycles. The van der Waals surface area contributed by atoms with Gasteiger partial charge < -0.3 is 9.84 Å². The van der Waals surface area contributed by atoms with Crippen molar-refractivity contribution in [1.29, 1.82) is 0 Å². The fraction of sp³-hybridized carbons (Fsp3) is 0.200. The van der Waals surface area contributed by atoms with Gasteiger partial charge in [0, 0.05) is 24.3 Å². The number of carboxylic acids is 1. The molecule has 0 spiro atoms. The fourth-order valence-electron chi connectivity index (χ4n) is 1.50. The van der Waals surface area contributed by atoms with E-state index in [1.54, 1.807) is 6.07 Å². The number of methoxy groups -OCH3 is 1. The van der Waals surface area contributed by atoms with E-state index in [0.29, 0.717) is 17.1 Å². The van der Waals surface area contributed by atoms with Crippen molar-refractivity contribution in [2.75, 3.05) is 12.9 Å². The van der Waals surface area contributed by atoms with Crippen LogP contribution in [0.15, 0.2) is 30.4 Å². The van der Waals surface area contributed by atoms with E-state index in [1.165, 1.54) is 31.9 Å². The molecule has 106 valence electrons. The highest BCUT2D eigenvalue weighted by Crippen LogP contribution is 2.22. The summed E-state index contributed by atoms with van der Waals surface area (Å²) in [6.07, 6.45) is 6.33. The third-order valence-electron chi connectivity index (χ3n) is 2.35. The van der Waals surface area contributed by atoms with E-state index in [-0.39, 0.29) is 5.12 Å². The molecular weight excluding hydrogens is 276 g/mol. The van der Waals surface area contributed by atoms with Crippen LogP contribution in [-0.2, 0) is 9.59 Å². The second-order valence-electron chi connectivity index (χ2n) is 3.88. The second-order valence-corrected chi connectivity index (χ2v) is 5.07. The van der Waals surface area contributed by atoms with Gasteiger partial charge >= 0.3 is 5.97 Å². The molecule has 1 aromatic rings. The molecule has 0 aliphatic rings. The summed E-state index contributed by atoms with van der Waals surface area (Å²) in [5.41, 5.74) is 1.61. The van der Waals surface area contributed by atoms with Gasteiger partial charge in [0.05, 0.1) is 7.11 Å². The average molecular weight is 292 g/mol. The second kappa shape index (κ2) is 8.22. The van der Waals surface area contributed by atoms with Crippen LogP contribution in [0.3, 0.4) is 0 Å². The van der Waals surface area contributed by atoms with Crippen molar-refractivity contribution >= 4 is 35.0 Å². The maximum atomic E-state index is 10.8. The van der Waals surface area contributed by atoms with Crippen LogP contribution < -0.4 is 4.74 Å². The number of carbonyl (C=O) groups excluding carboxylic acids is 1. The zero-order chi connectivity index (χ0) is 15.0. The normalized spacial score (nSPS) is 11.1. The Hall–Kier alpha value is -2.01. The van der Waals surface area contributed by atoms with Crippen molar-refractivity contribution < 1.29 is 19.4 Å². The molecular formula is C15H16O4S. The standard InChI is InChI=1S/C15H16O4S/c1-11(16)20-9-3-4-12-5-7-14(19-2)13(10-12)6-8-15(17)18/h3-8,10H,9H2,1-2H3,(H,17,18)/b4-3?,8-6+. The Morgan fingerprint density at radius 2 is 2.10 bits per heavy atom. The SMILES string of the molecule is COc1ccc(C=CCSC(C)=O)cc1/C=C/C(=O)O. The first-order valence-corrected chi connectivity index (χ1v) is 6.90. The molecule has 0 atom stereocenters. The Bertz CT molecular complexity index is 547. The minimum Gasteiger partial charge on any atom is -0.496 e. The topological polar surface area (TPSA) is 63.6 Å². The number of carbonyl (C=O) groups is 2. The lowest BCUT2D eigenvalue weighted by Gasteiger charge is -2.05. The lowest BCUT2D eigenvalue weighted by molar-refractivity contribution is -0.131. The zero-order valence-electron chi connectivity index (χ0n) is 11.3. The third-order valence-corrected chi connectivity index (χ3v) is 3.12. The third kappa shape index (κ3) is 5.75. The van der Waals surface area contributed by atoms with Crippen LogP contribution >= 0.6 is 11.8 Å². The number of ether oxygens (including phenoxy) is 1. The maximum Gasteiger partial charge on any atom is 0.328 e. The van der Waals surface area contributed by atoms with Crippen LogP contribution in [0.25, 0.3) is 12.2 Å². The summed E-state index contributed by atoms with van der Waals surface area (Å²) < 4.78 is 5.17. The number of hydrogen-bond acceptors (Lipinski definition) is 4. The number of aliphatic carboxylic acids is 1. The summed E-state index contributed by atoms with van der Waals surface area (Å²) in [5.74, 6) is 0.213. The molecule has 0 unspecified atom stereocenters.